The number of hydrogen-bond acceptors (Lipinski definition) is 5. The molecule has 3 heterocycles. The van der Waals surface area contributed by atoms with E-state index in [0.29, 0.717) is 31.7 Å². The summed E-state index contributed by atoms with van der Waals surface area (Å²) >= 11 is 0. The Labute approximate surface area is 155 Å². The molecule has 7 heteroatoms. The van der Waals surface area contributed by atoms with Crippen LogP contribution >= 0.6 is 0 Å². The molecule has 1 aromatic rings. The van der Waals surface area contributed by atoms with Crippen LogP contribution in [0.4, 0.5) is 0 Å². The van der Waals surface area contributed by atoms with Crippen molar-refractivity contribution < 1.29 is 13.2 Å². The van der Waals surface area contributed by atoms with Crippen molar-refractivity contribution in [2.24, 2.45) is 0 Å². The smallest absolute Gasteiger partial charge is 0.254 e. The van der Waals surface area contributed by atoms with Crippen LogP contribution in [0.15, 0.2) is 24.3 Å². The van der Waals surface area contributed by atoms with Crippen LogP contribution in [0.25, 0.3) is 0 Å². The topological polar surface area (TPSA) is 69.7 Å². The lowest BCUT2D eigenvalue weighted by atomic mass is 10.1. The quantitative estimate of drug-likeness (QED) is 0.847. The second-order valence-electron chi connectivity index (χ2n) is 7.72. The lowest BCUT2D eigenvalue weighted by molar-refractivity contribution is 0.0680. The Kier molecular flexibility index (Phi) is 5.03. The van der Waals surface area contributed by atoms with E-state index in [9.17, 15) is 13.2 Å². The fourth-order valence-electron chi connectivity index (χ4n) is 4.43. The third kappa shape index (κ3) is 3.80. The second kappa shape index (κ2) is 7.29. The molecule has 0 saturated carbocycles. The van der Waals surface area contributed by atoms with Crippen molar-refractivity contribution in [3.05, 3.63) is 35.4 Å². The number of amides is 1. The molecule has 2 bridgehead atoms. The maximum absolute atomic E-state index is 13.1. The van der Waals surface area contributed by atoms with Crippen LogP contribution in [-0.4, -0.2) is 73.9 Å². The van der Waals surface area contributed by atoms with E-state index in [-0.39, 0.29) is 17.4 Å². The molecule has 3 saturated heterocycles. The predicted octanol–water partition coefficient (Wildman–Crippen LogP) is 0.884. The van der Waals surface area contributed by atoms with Gasteiger partial charge in [-0.1, -0.05) is 12.1 Å². The standard InChI is InChI=1S/C19H27N3O3S/c23-19(22-17-4-5-18(22)13-20-7-6-17)16-3-1-2-15(12-16)14-21-8-10-26(24,25)11-9-21/h1-3,12,17-18,20H,4-11,13-14H2. The van der Waals surface area contributed by atoms with Crippen LogP contribution < -0.4 is 5.32 Å². The normalized spacial score (nSPS) is 28.7. The molecule has 1 amide bonds. The first-order chi connectivity index (χ1) is 12.5. The van der Waals surface area contributed by atoms with Crippen LogP contribution in [0.5, 0.6) is 0 Å². The highest BCUT2D eigenvalue weighted by Gasteiger charge is 2.38. The number of carbonyl (C=O) groups excluding carboxylic acids is 1. The maximum atomic E-state index is 13.1. The van der Waals surface area contributed by atoms with Gasteiger partial charge >= 0.3 is 0 Å². The molecule has 0 spiro atoms. The first-order valence-electron chi connectivity index (χ1n) is 9.57. The molecule has 6 nitrogen and oxygen atoms in total. The minimum atomic E-state index is -2.86. The number of fused-ring (bicyclic) bond motifs is 2. The summed E-state index contributed by atoms with van der Waals surface area (Å²) in [5.41, 5.74) is 1.83. The monoisotopic (exact) mass is 377 g/mol. The Bertz CT molecular complexity index is 752. The van der Waals surface area contributed by atoms with Crippen molar-refractivity contribution in [2.45, 2.75) is 37.9 Å². The van der Waals surface area contributed by atoms with Crippen molar-refractivity contribution in [3.63, 3.8) is 0 Å². The molecule has 1 N–H and O–H groups in total. The lowest BCUT2D eigenvalue weighted by Gasteiger charge is -2.29. The van der Waals surface area contributed by atoms with Gasteiger partial charge in [-0.25, -0.2) is 8.42 Å². The van der Waals surface area contributed by atoms with Gasteiger partial charge in [0, 0.05) is 43.8 Å². The number of sulfone groups is 1. The molecule has 4 rings (SSSR count). The van der Waals surface area contributed by atoms with Gasteiger partial charge in [-0.05, 0) is 43.5 Å². The summed E-state index contributed by atoms with van der Waals surface area (Å²) < 4.78 is 23.2. The highest BCUT2D eigenvalue weighted by atomic mass is 32.2. The van der Waals surface area contributed by atoms with Crippen molar-refractivity contribution in [3.8, 4) is 0 Å². The summed E-state index contributed by atoms with van der Waals surface area (Å²) in [5.74, 6) is 0.607. The minimum absolute atomic E-state index is 0.143. The van der Waals surface area contributed by atoms with E-state index in [1.54, 1.807) is 0 Å². The first-order valence-corrected chi connectivity index (χ1v) is 11.4. The molecular formula is C19H27N3O3S. The average Bonchev–Trinajstić information content (AvgIpc) is 2.89. The Morgan fingerprint density at radius 1 is 1.12 bits per heavy atom. The number of nitrogens with zero attached hydrogens (tertiary/aromatic N) is 2. The molecule has 142 valence electrons. The molecular weight excluding hydrogens is 350 g/mol. The lowest BCUT2D eigenvalue weighted by Crippen LogP contribution is -2.42. The molecule has 2 atom stereocenters. The number of hydrogen-bond donors (Lipinski definition) is 1. The second-order valence-corrected chi connectivity index (χ2v) is 10.0. The van der Waals surface area contributed by atoms with E-state index >= 15 is 0 Å². The molecule has 1 aromatic carbocycles. The first kappa shape index (κ1) is 17.9. The summed E-state index contributed by atoms with van der Waals surface area (Å²) in [7, 11) is -2.86. The summed E-state index contributed by atoms with van der Waals surface area (Å²) in [6, 6.07) is 8.54. The highest BCUT2D eigenvalue weighted by Crippen LogP contribution is 2.29. The van der Waals surface area contributed by atoms with Gasteiger partial charge in [0.05, 0.1) is 11.5 Å². The van der Waals surface area contributed by atoms with Gasteiger partial charge in [-0.3, -0.25) is 9.69 Å². The zero-order valence-corrected chi connectivity index (χ0v) is 15.9. The molecule has 3 aliphatic heterocycles. The van der Waals surface area contributed by atoms with Crippen molar-refractivity contribution in [1.29, 1.82) is 0 Å². The van der Waals surface area contributed by atoms with Gasteiger partial charge in [0.25, 0.3) is 5.91 Å². The van der Waals surface area contributed by atoms with Gasteiger partial charge in [-0.15, -0.1) is 0 Å². The summed E-state index contributed by atoms with van der Waals surface area (Å²) in [6.45, 7) is 3.73. The molecule has 26 heavy (non-hydrogen) atoms. The maximum Gasteiger partial charge on any atom is 0.254 e. The van der Waals surface area contributed by atoms with Crippen molar-refractivity contribution >= 4 is 15.7 Å². The van der Waals surface area contributed by atoms with E-state index in [1.807, 2.05) is 24.3 Å². The molecule has 3 fully saturated rings. The largest absolute Gasteiger partial charge is 0.331 e. The van der Waals surface area contributed by atoms with E-state index in [4.69, 9.17) is 0 Å². The number of nitrogens with one attached hydrogen (secondary N) is 1. The zero-order valence-electron chi connectivity index (χ0n) is 15.1. The molecule has 3 aliphatic rings. The zero-order chi connectivity index (χ0) is 18.1. The van der Waals surface area contributed by atoms with E-state index in [0.717, 1.165) is 43.5 Å². The highest BCUT2D eigenvalue weighted by molar-refractivity contribution is 7.91. The SMILES string of the molecule is O=C(c1cccc(CN2CCS(=O)(=O)CC2)c1)N1C2CCNCC1CC2. The third-order valence-corrected chi connectivity index (χ3v) is 7.52. The van der Waals surface area contributed by atoms with Gasteiger partial charge in [0.1, 0.15) is 0 Å². The molecule has 2 unspecified atom stereocenters. The number of carbonyl (C=O) groups is 1. The van der Waals surface area contributed by atoms with Gasteiger partial charge < -0.3 is 10.2 Å². The van der Waals surface area contributed by atoms with E-state index in [2.05, 4.69) is 15.1 Å². The van der Waals surface area contributed by atoms with Crippen LogP contribution in [0.2, 0.25) is 0 Å². The fraction of sp³-hybridized carbons (Fsp3) is 0.632. The van der Waals surface area contributed by atoms with Crippen LogP contribution in [-0.2, 0) is 16.4 Å². The van der Waals surface area contributed by atoms with Crippen LogP contribution in [0.3, 0.4) is 0 Å². The third-order valence-electron chi connectivity index (χ3n) is 5.91. The minimum Gasteiger partial charge on any atom is -0.331 e. The fourth-order valence-corrected chi connectivity index (χ4v) is 5.71. The molecule has 0 aliphatic carbocycles. The summed E-state index contributed by atoms with van der Waals surface area (Å²) in [4.78, 5) is 17.4. The number of benzene rings is 1. The van der Waals surface area contributed by atoms with Crippen LogP contribution in [0.1, 0.15) is 35.2 Å². The van der Waals surface area contributed by atoms with E-state index in [1.165, 1.54) is 0 Å². The van der Waals surface area contributed by atoms with Gasteiger partial charge in [0.15, 0.2) is 9.84 Å². The average molecular weight is 378 g/mol. The number of rotatable bonds is 3. The van der Waals surface area contributed by atoms with Crippen molar-refractivity contribution in [1.82, 2.24) is 15.1 Å². The Morgan fingerprint density at radius 2 is 1.88 bits per heavy atom. The molecule has 0 radical (unpaired) electrons. The Hall–Kier alpha value is -1.44. The van der Waals surface area contributed by atoms with Crippen molar-refractivity contribution in [2.75, 3.05) is 37.7 Å². The molecule has 0 aromatic heterocycles. The summed E-state index contributed by atoms with van der Waals surface area (Å²) in [5, 5.41) is 3.44. The van der Waals surface area contributed by atoms with Gasteiger partial charge in [-0.2, -0.15) is 0 Å². The van der Waals surface area contributed by atoms with E-state index < -0.39 is 9.84 Å². The van der Waals surface area contributed by atoms with Crippen LogP contribution in [0, 0.1) is 0 Å². The Morgan fingerprint density at radius 3 is 2.69 bits per heavy atom. The Balaban J connectivity index is 1.46. The predicted molar refractivity (Wildman–Crippen MR) is 101 cm³/mol. The summed E-state index contributed by atoms with van der Waals surface area (Å²) in [6.07, 6.45) is 3.23. The van der Waals surface area contributed by atoms with Gasteiger partial charge in [0.2, 0.25) is 0 Å².